The summed E-state index contributed by atoms with van der Waals surface area (Å²) in [5.74, 6) is -1.11. The Morgan fingerprint density at radius 1 is 1.29 bits per heavy atom. The maximum Gasteiger partial charge on any atom is 0.338 e. The number of anilines is 1. The first kappa shape index (κ1) is 18.2. The van der Waals surface area contributed by atoms with Gasteiger partial charge in [0.1, 0.15) is 0 Å². The van der Waals surface area contributed by atoms with Crippen molar-refractivity contribution in [1.29, 1.82) is 0 Å². The molecule has 0 bridgehead atoms. The first-order chi connectivity index (χ1) is 11.4. The van der Waals surface area contributed by atoms with Crippen molar-refractivity contribution in [1.82, 2.24) is 4.98 Å². The SMILES string of the molecule is C[C@H](OC(=O)c1ccc(CO)cc1)C(=O)Nc1ncc(Cl)cc1Cl. The quantitative estimate of drug-likeness (QED) is 0.791. The first-order valence-electron chi connectivity index (χ1n) is 6.93. The van der Waals surface area contributed by atoms with Gasteiger partial charge in [-0.1, -0.05) is 35.3 Å². The summed E-state index contributed by atoms with van der Waals surface area (Å²) < 4.78 is 5.10. The van der Waals surface area contributed by atoms with Gasteiger partial charge in [0, 0.05) is 6.20 Å². The van der Waals surface area contributed by atoms with Crippen molar-refractivity contribution in [3.8, 4) is 0 Å². The summed E-state index contributed by atoms with van der Waals surface area (Å²) in [4.78, 5) is 28.0. The molecule has 6 nitrogen and oxygen atoms in total. The lowest BCUT2D eigenvalue weighted by molar-refractivity contribution is -0.123. The minimum absolute atomic E-state index is 0.122. The molecular formula is C16H14Cl2N2O4. The molecule has 0 fully saturated rings. The molecule has 2 N–H and O–H groups in total. The molecule has 24 heavy (non-hydrogen) atoms. The molecule has 2 aromatic rings. The lowest BCUT2D eigenvalue weighted by atomic mass is 10.1. The van der Waals surface area contributed by atoms with Gasteiger partial charge in [-0.05, 0) is 30.7 Å². The van der Waals surface area contributed by atoms with E-state index < -0.39 is 18.0 Å². The second-order valence-electron chi connectivity index (χ2n) is 4.88. The number of ether oxygens (including phenoxy) is 1. The highest BCUT2D eigenvalue weighted by Gasteiger charge is 2.20. The van der Waals surface area contributed by atoms with Crippen LogP contribution in [0.4, 0.5) is 5.82 Å². The molecule has 126 valence electrons. The van der Waals surface area contributed by atoms with Crippen LogP contribution in [0, 0.1) is 0 Å². The smallest absolute Gasteiger partial charge is 0.338 e. The second-order valence-corrected chi connectivity index (χ2v) is 5.72. The van der Waals surface area contributed by atoms with Gasteiger partial charge in [0.25, 0.3) is 5.91 Å². The lowest BCUT2D eigenvalue weighted by Gasteiger charge is -2.14. The molecular weight excluding hydrogens is 355 g/mol. The number of amides is 1. The van der Waals surface area contributed by atoms with E-state index in [9.17, 15) is 9.59 Å². The predicted octanol–water partition coefficient (Wildman–Crippen LogP) is 3.06. The van der Waals surface area contributed by atoms with E-state index in [2.05, 4.69) is 10.3 Å². The highest BCUT2D eigenvalue weighted by molar-refractivity contribution is 6.36. The van der Waals surface area contributed by atoms with Crippen LogP contribution >= 0.6 is 23.2 Å². The van der Waals surface area contributed by atoms with E-state index in [-0.39, 0.29) is 23.0 Å². The Hall–Kier alpha value is -2.15. The number of nitrogens with one attached hydrogen (secondary N) is 1. The minimum atomic E-state index is -1.05. The number of carbonyl (C=O) groups excluding carboxylic acids is 2. The van der Waals surface area contributed by atoms with Crippen LogP contribution < -0.4 is 5.32 Å². The highest BCUT2D eigenvalue weighted by atomic mass is 35.5. The molecule has 0 saturated heterocycles. The van der Waals surface area contributed by atoms with Crippen LogP contribution in [0.3, 0.4) is 0 Å². The number of aliphatic hydroxyl groups excluding tert-OH is 1. The molecule has 0 aliphatic heterocycles. The number of carbonyl (C=O) groups is 2. The molecule has 2 rings (SSSR count). The molecule has 1 aromatic heterocycles. The first-order valence-corrected chi connectivity index (χ1v) is 7.69. The van der Waals surface area contributed by atoms with E-state index in [1.54, 1.807) is 12.1 Å². The zero-order valence-electron chi connectivity index (χ0n) is 12.6. The Labute approximate surface area is 148 Å². The summed E-state index contributed by atoms with van der Waals surface area (Å²) in [6.45, 7) is 1.31. The second kappa shape index (κ2) is 8.10. The van der Waals surface area contributed by atoms with Gasteiger partial charge >= 0.3 is 5.97 Å². The summed E-state index contributed by atoms with van der Waals surface area (Å²) in [6.07, 6.45) is 0.283. The van der Waals surface area contributed by atoms with Crippen LogP contribution in [0.2, 0.25) is 10.0 Å². The van der Waals surface area contributed by atoms with Crippen LogP contribution in [0.15, 0.2) is 36.5 Å². The van der Waals surface area contributed by atoms with Crippen LogP contribution in [0.25, 0.3) is 0 Å². The van der Waals surface area contributed by atoms with Crippen LogP contribution in [0.1, 0.15) is 22.8 Å². The normalized spacial score (nSPS) is 11.7. The third-order valence-electron chi connectivity index (χ3n) is 3.07. The van der Waals surface area contributed by atoms with Crippen LogP contribution in [-0.4, -0.2) is 28.1 Å². The average Bonchev–Trinajstić information content (AvgIpc) is 2.57. The average molecular weight is 369 g/mol. The van der Waals surface area contributed by atoms with E-state index in [0.29, 0.717) is 10.6 Å². The van der Waals surface area contributed by atoms with E-state index in [0.717, 1.165) is 0 Å². The van der Waals surface area contributed by atoms with E-state index in [4.69, 9.17) is 33.0 Å². The van der Waals surface area contributed by atoms with Crippen molar-refractivity contribution < 1.29 is 19.4 Å². The molecule has 1 atom stereocenters. The van der Waals surface area contributed by atoms with E-state index in [1.165, 1.54) is 31.3 Å². The van der Waals surface area contributed by atoms with Crippen molar-refractivity contribution in [3.05, 3.63) is 57.7 Å². The van der Waals surface area contributed by atoms with Crippen LogP contribution in [-0.2, 0) is 16.1 Å². The van der Waals surface area contributed by atoms with E-state index >= 15 is 0 Å². The molecule has 0 radical (unpaired) electrons. The predicted molar refractivity (Wildman–Crippen MR) is 90.1 cm³/mol. The third kappa shape index (κ3) is 4.67. The number of halogens is 2. The summed E-state index contributed by atoms with van der Waals surface area (Å²) in [7, 11) is 0. The van der Waals surface area contributed by atoms with Gasteiger partial charge in [-0.25, -0.2) is 9.78 Å². The zero-order chi connectivity index (χ0) is 17.7. The molecule has 0 saturated carbocycles. The highest BCUT2D eigenvalue weighted by Crippen LogP contribution is 2.22. The van der Waals surface area contributed by atoms with Gasteiger partial charge in [-0.15, -0.1) is 0 Å². The number of benzene rings is 1. The molecule has 0 unspecified atom stereocenters. The Balaban J connectivity index is 1.98. The summed E-state index contributed by atoms with van der Waals surface area (Å²) in [6, 6.07) is 7.65. The lowest BCUT2D eigenvalue weighted by Crippen LogP contribution is -2.30. The molecule has 0 spiro atoms. The fraction of sp³-hybridized carbons (Fsp3) is 0.188. The molecule has 8 heteroatoms. The van der Waals surface area contributed by atoms with Crippen molar-refractivity contribution in [2.45, 2.75) is 19.6 Å². The molecule has 1 aromatic carbocycles. The van der Waals surface area contributed by atoms with Gasteiger partial charge < -0.3 is 15.2 Å². The third-order valence-corrected chi connectivity index (χ3v) is 3.57. The fourth-order valence-corrected chi connectivity index (χ4v) is 2.18. The van der Waals surface area contributed by atoms with Gasteiger partial charge in [-0.2, -0.15) is 0 Å². The number of esters is 1. The number of aromatic nitrogens is 1. The van der Waals surface area contributed by atoms with Crippen molar-refractivity contribution >= 4 is 40.9 Å². The largest absolute Gasteiger partial charge is 0.449 e. The van der Waals surface area contributed by atoms with Crippen molar-refractivity contribution in [3.63, 3.8) is 0 Å². The van der Waals surface area contributed by atoms with Gasteiger partial charge in [-0.3, -0.25) is 4.79 Å². The van der Waals surface area contributed by atoms with Crippen molar-refractivity contribution in [2.75, 3.05) is 5.32 Å². The topological polar surface area (TPSA) is 88.5 Å². The molecule has 1 amide bonds. The minimum Gasteiger partial charge on any atom is -0.449 e. The van der Waals surface area contributed by atoms with Crippen molar-refractivity contribution in [2.24, 2.45) is 0 Å². The number of aliphatic hydroxyl groups is 1. The maximum atomic E-state index is 12.1. The molecule has 0 aliphatic carbocycles. The Bertz CT molecular complexity index is 750. The Morgan fingerprint density at radius 3 is 2.54 bits per heavy atom. The number of pyridine rings is 1. The number of nitrogens with zero attached hydrogens (tertiary/aromatic N) is 1. The summed E-state index contributed by atoms with van der Waals surface area (Å²) in [5, 5.41) is 11.9. The van der Waals surface area contributed by atoms with Gasteiger partial charge in [0.2, 0.25) is 0 Å². The van der Waals surface area contributed by atoms with Crippen LogP contribution in [0.5, 0.6) is 0 Å². The number of hydrogen-bond acceptors (Lipinski definition) is 5. The van der Waals surface area contributed by atoms with Gasteiger partial charge in [0.05, 0.1) is 22.2 Å². The zero-order valence-corrected chi connectivity index (χ0v) is 14.1. The van der Waals surface area contributed by atoms with E-state index in [1.807, 2.05) is 0 Å². The number of hydrogen-bond donors (Lipinski definition) is 2. The fourth-order valence-electron chi connectivity index (χ4n) is 1.75. The molecule has 1 heterocycles. The summed E-state index contributed by atoms with van der Waals surface area (Å²) in [5.41, 5.74) is 0.940. The molecule has 0 aliphatic rings. The standard InChI is InChI=1S/C16H14Cl2N2O4/c1-9(15(22)20-14-13(18)6-12(17)7-19-14)24-16(23)11-4-2-10(8-21)3-5-11/h2-7,9,21H,8H2,1H3,(H,19,20,22)/t9-/m0/s1. The Morgan fingerprint density at radius 2 is 1.96 bits per heavy atom. The monoisotopic (exact) mass is 368 g/mol. The maximum absolute atomic E-state index is 12.1. The summed E-state index contributed by atoms with van der Waals surface area (Å²) >= 11 is 11.6. The van der Waals surface area contributed by atoms with Gasteiger partial charge in [0.15, 0.2) is 11.9 Å². The number of rotatable bonds is 5. The Kier molecular flexibility index (Phi) is 6.14.